The quantitative estimate of drug-likeness (QED) is 0.848. The highest BCUT2D eigenvalue weighted by Gasteiger charge is 2.07. The zero-order valence-electron chi connectivity index (χ0n) is 10.8. The van der Waals surface area contributed by atoms with E-state index in [1.165, 1.54) is 12.1 Å². The minimum absolute atomic E-state index is 0.130. The standard InChI is InChI=1S/C13H19FN2O2/c1-3-16(4-2)9-10-18-13(17)15-12-8-6-5-7-11(12)14/h5-8H,3-4,9-10H2,1-2H3,(H,15,17). The molecule has 1 N–H and O–H groups in total. The van der Waals surface area contributed by atoms with Crippen LogP contribution >= 0.6 is 0 Å². The fourth-order valence-electron chi connectivity index (χ4n) is 1.52. The van der Waals surface area contributed by atoms with E-state index < -0.39 is 11.9 Å². The highest BCUT2D eigenvalue weighted by atomic mass is 19.1. The average Bonchev–Trinajstić information content (AvgIpc) is 2.37. The fourth-order valence-corrected chi connectivity index (χ4v) is 1.52. The third kappa shape index (κ3) is 4.71. The average molecular weight is 254 g/mol. The zero-order valence-corrected chi connectivity index (χ0v) is 10.8. The molecule has 0 aromatic heterocycles. The van der Waals surface area contributed by atoms with E-state index in [0.29, 0.717) is 13.2 Å². The molecule has 0 atom stereocenters. The topological polar surface area (TPSA) is 41.6 Å². The van der Waals surface area contributed by atoms with Gasteiger partial charge < -0.3 is 9.64 Å². The van der Waals surface area contributed by atoms with E-state index in [9.17, 15) is 9.18 Å². The Labute approximate surface area is 107 Å². The molecule has 0 saturated heterocycles. The molecule has 1 rings (SSSR count). The van der Waals surface area contributed by atoms with E-state index in [0.717, 1.165) is 13.1 Å². The molecule has 1 amide bonds. The first-order valence-electron chi connectivity index (χ1n) is 6.08. The maximum Gasteiger partial charge on any atom is 0.411 e. The molecule has 0 spiro atoms. The zero-order chi connectivity index (χ0) is 13.4. The van der Waals surface area contributed by atoms with Gasteiger partial charge in [0.15, 0.2) is 0 Å². The van der Waals surface area contributed by atoms with Crippen LogP contribution < -0.4 is 5.32 Å². The number of halogens is 1. The Morgan fingerprint density at radius 2 is 2.00 bits per heavy atom. The number of anilines is 1. The molecular formula is C13H19FN2O2. The van der Waals surface area contributed by atoms with Gasteiger partial charge in [-0.1, -0.05) is 26.0 Å². The molecule has 0 aliphatic rings. The van der Waals surface area contributed by atoms with Crippen molar-refractivity contribution in [3.05, 3.63) is 30.1 Å². The number of nitrogens with one attached hydrogen (secondary N) is 1. The van der Waals surface area contributed by atoms with E-state index in [-0.39, 0.29) is 5.69 Å². The summed E-state index contributed by atoms with van der Waals surface area (Å²) in [5, 5.41) is 2.37. The number of nitrogens with zero attached hydrogens (tertiary/aromatic N) is 1. The summed E-state index contributed by atoms with van der Waals surface area (Å²) in [6.45, 7) is 6.88. The van der Waals surface area contributed by atoms with E-state index >= 15 is 0 Å². The molecule has 0 bridgehead atoms. The summed E-state index contributed by atoms with van der Waals surface area (Å²) in [5.74, 6) is -0.474. The van der Waals surface area contributed by atoms with Crippen molar-refractivity contribution in [3.8, 4) is 0 Å². The predicted molar refractivity (Wildman–Crippen MR) is 69.2 cm³/mol. The molecule has 18 heavy (non-hydrogen) atoms. The minimum atomic E-state index is -0.632. The van der Waals surface area contributed by atoms with E-state index in [2.05, 4.69) is 10.2 Å². The Hall–Kier alpha value is -1.62. The Balaban J connectivity index is 2.32. The fraction of sp³-hybridized carbons (Fsp3) is 0.462. The lowest BCUT2D eigenvalue weighted by atomic mass is 10.3. The Kier molecular flexibility index (Phi) is 6.14. The van der Waals surface area contributed by atoms with Gasteiger partial charge in [-0.25, -0.2) is 9.18 Å². The summed E-state index contributed by atoms with van der Waals surface area (Å²) in [6.07, 6.45) is -0.632. The van der Waals surface area contributed by atoms with Gasteiger partial charge in [-0.05, 0) is 25.2 Å². The number of hydrogen-bond acceptors (Lipinski definition) is 3. The summed E-state index contributed by atoms with van der Waals surface area (Å²) < 4.78 is 18.2. The van der Waals surface area contributed by atoms with Crippen molar-refractivity contribution in [2.24, 2.45) is 0 Å². The number of rotatable bonds is 6. The van der Waals surface area contributed by atoms with Crippen LogP contribution in [0.2, 0.25) is 0 Å². The van der Waals surface area contributed by atoms with Crippen LogP contribution in [0.4, 0.5) is 14.9 Å². The van der Waals surface area contributed by atoms with Gasteiger partial charge in [0, 0.05) is 6.54 Å². The van der Waals surface area contributed by atoms with Crippen LogP contribution in [0.1, 0.15) is 13.8 Å². The number of carbonyl (C=O) groups is 1. The van der Waals surface area contributed by atoms with Crippen LogP contribution in [-0.4, -0.2) is 37.2 Å². The van der Waals surface area contributed by atoms with E-state index in [1.807, 2.05) is 13.8 Å². The number of ether oxygens (including phenoxy) is 1. The second-order valence-electron chi connectivity index (χ2n) is 3.77. The van der Waals surface area contributed by atoms with Gasteiger partial charge >= 0.3 is 6.09 Å². The highest BCUT2D eigenvalue weighted by Crippen LogP contribution is 2.12. The molecule has 1 aromatic carbocycles. The second-order valence-corrected chi connectivity index (χ2v) is 3.77. The Bertz CT molecular complexity index is 381. The molecule has 100 valence electrons. The van der Waals surface area contributed by atoms with Gasteiger partial charge in [0.05, 0.1) is 5.69 Å². The summed E-state index contributed by atoms with van der Waals surface area (Å²) >= 11 is 0. The van der Waals surface area contributed by atoms with E-state index in [4.69, 9.17) is 4.74 Å². The largest absolute Gasteiger partial charge is 0.448 e. The van der Waals surface area contributed by atoms with Crippen LogP contribution in [0, 0.1) is 5.82 Å². The SMILES string of the molecule is CCN(CC)CCOC(=O)Nc1ccccc1F. The monoisotopic (exact) mass is 254 g/mol. The van der Waals surface area contributed by atoms with Crippen molar-refractivity contribution < 1.29 is 13.9 Å². The van der Waals surface area contributed by atoms with Crippen molar-refractivity contribution in [1.29, 1.82) is 0 Å². The first kappa shape index (κ1) is 14.4. The van der Waals surface area contributed by atoms with Crippen LogP contribution in [0.15, 0.2) is 24.3 Å². The number of benzene rings is 1. The maximum absolute atomic E-state index is 13.2. The third-order valence-electron chi connectivity index (χ3n) is 2.65. The van der Waals surface area contributed by atoms with Crippen molar-refractivity contribution >= 4 is 11.8 Å². The van der Waals surface area contributed by atoms with E-state index in [1.54, 1.807) is 12.1 Å². The normalized spacial score (nSPS) is 10.4. The molecule has 0 fully saturated rings. The molecule has 0 aliphatic heterocycles. The van der Waals surface area contributed by atoms with Crippen molar-refractivity contribution in [2.45, 2.75) is 13.8 Å². The maximum atomic E-state index is 13.2. The molecule has 0 aliphatic carbocycles. The number of likely N-dealkylation sites (N-methyl/N-ethyl adjacent to an activating group) is 1. The van der Waals surface area contributed by atoms with Gasteiger partial charge in [-0.15, -0.1) is 0 Å². The lowest BCUT2D eigenvalue weighted by Crippen LogP contribution is -2.28. The summed E-state index contributed by atoms with van der Waals surface area (Å²) in [4.78, 5) is 13.5. The van der Waals surface area contributed by atoms with Gasteiger partial charge in [-0.2, -0.15) is 0 Å². The lowest BCUT2D eigenvalue weighted by Gasteiger charge is -2.17. The summed E-state index contributed by atoms with van der Waals surface area (Å²) in [5.41, 5.74) is 0.130. The number of hydrogen-bond donors (Lipinski definition) is 1. The van der Waals surface area contributed by atoms with Crippen molar-refractivity contribution in [1.82, 2.24) is 4.90 Å². The molecule has 0 unspecified atom stereocenters. The van der Waals surface area contributed by atoms with Crippen LogP contribution in [0.25, 0.3) is 0 Å². The second kappa shape index (κ2) is 7.66. The molecule has 0 heterocycles. The summed E-state index contributed by atoms with van der Waals surface area (Å²) in [6, 6.07) is 5.98. The molecule has 0 saturated carbocycles. The highest BCUT2D eigenvalue weighted by molar-refractivity contribution is 5.84. The van der Waals surface area contributed by atoms with Gasteiger partial charge in [-0.3, -0.25) is 5.32 Å². The first-order chi connectivity index (χ1) is 8.67. The molecule has 4 nitrogen and oxygen atoms in total. The lowest BCUT2D eigenvalue weighted by molar-refractivity contribution is 0.142. The molecule has 0 radical (unpaired) electrons. The van der Waals surface area contributed by atoms with Crippen LogP contribution in [0.5, 0.6) is 0 Å². The Morgan fingerprint density at radius 1 is 1.33 bits per heavy atom. The molecule has 1 aromatic rings. The minimum Gasteiger partial charge on any atom is -0.448 e. The van der Waals surface area contributed by atoms with Gasteiger partial charge in [0.25, 0.3) is 0 Å². The van der Waals surface area contributed by atoms with Crippen LogP contribution in [0.3, 0.4) is 0 Å². The predicted octanol–water partition coefficient (Wildman–Crippen LogP) is 2.72. The summed E-state index contributed by atoms with van der Waals surface area (Å²) in [7, 11) is 0. The van der Waals surface area contributed by atoms with Crippen molar-refractivity contribution in [3.63, 3.8) is 0 Å². The first-order valence-corrected chi connectivity index (χ1v) is 6.08. The van der Waals surface area contributed by atoms with Crippen molar-refractivity contribution in [2.75, 3.05) is 31.6 Å². The third-order valence-corrected chi connectivity index (χ3v) is 2.65. The Morgan fingerprint density at radius 3 is 2.61 bits per heavy atom. The van der Waals surface area contributed by atoms with Gasteiger partial charge in [0.1, 0.15) is 12.4 Å². The number of para-hydroxylation sites is 1. The number of carbonyl (C=O) groups excluding carboxylic acids is 1. The van der Waals surface area contributed by atoms with Crippen LogP contribution in [-0.2, 0) is 4.74 Å². The molecule has 5 heteroatoms. The number of amides is 1. The smallest absolute Gasteiger partial charge is 0.411 e. The van der Waals surface area contributed by atoms with Gasteiger partial charge in [0.2, 0.25) is 0 Å². The molecular weight excluding hydrogens is 235 g/mol.